The van der Waals surface area contributed by atoms with E-state index in [0.29, 0.717) is 0 Å². The second-order valence-electron chi connectivity index (χ2n) is 4.90. The average Bonchev–Trinajstić information content (AvgIpc) is 2.38. The van der Waals surface area contributed by atoms with E-state index in [1.54, 1.807) is 0 Å². The molecular weight excluding hydrogens is 194 g/mol. The molecule has 0 aliphatic carbocycles. The highest BCUT2D eigenvalue weighted by Gasteiger charge is 2.12. The van der Waals surface area contributed by atoms with Gasteiger partial charge in [0, 0.05) is 0 Å². The number of nitrogens with one attached hydrogen (secondary N) is 1. The molecule has 0 radical (unpaired) electrons. The number of benzene rings is 1. The molecule has 0 atom stereocenters. The van der Waals surface area contributed by atoms with Gasteiger partial charge in [-0.1, -0.05) is 31.2 Å². The largest absolute Gasteiger partial charge is 0.317 e. The average molecular weight is 217 g/mol. The van der Waals surface area contributed by atoms with Crippen molar-refractivity contribution in [1.82, 2.24) is 5.32 Å². The minimum absolute atomic E-state index is 0.951. The first kappa shape index (κ1) is 11.7. The zero-order valence-electron chi connectivity index (χ0n) is 10.3. The molecule has 1 heteroatoms. The van der Waals surface area contributed by atoms with Crippen LogP contribution >= 0.6 is 0 Å². The molecular formula is C15H23N. The predicted molar refractivity (Wildman–Crippen MR) is 69.7 cm³/mol. The van der Waals surface area contributed by atoms with E-state index in [9.17, 15) is 0 Å². The lowest BCUT2D eigenvalue weighted by molar-refractivity contribution is 0.354. The third-order valence-electron chi connectivity index (χ3n) is 3.73. The van der Waals surface area contributed by atoms with Crippen LogP contribution in [0.3, 0.4) is 0 Å². The van der Waals surface area contributed by atoms with Gasteiger partial charge in [0.05, 0.1) is 0 Å². The van der Waals surface area contributed by atoms with Gasteiger partial charge in [0.25, 0.3) is 0 Å². The van der Waals surface area contributed by atoms with Crippen LogP contribution in [0.4, 0.5) is 0 Å². The fourth-order valence-corrected chi connectivity index (χ4v) is 2.48. The van der Waals surface area contributed by atoms with Crippen molar-refractivity contribution in [3.05, 3.63) is 35.4 Å². The third kappa shape index (κ3) is 3.34. The van der Waals surface area contributed by atoms with Gasteiger partial charge in [-0.3, -0.25) is 0 Å². The van der Waals surface area contributed by atoms with E-state index in [-0.39, 0.29) is 0 Å². The maximum atomic E-state index is 3.43. The Morgan fingerprint density at radius 3 is 2.31 bits per heavy atom. The Bertz CT molecular complexity index is 296. The molecule has 88 valence electrons. The molecule has 0 aromatic heterocycles. The van der Waals surface area contributed by atoms with E-state index in [2.05, 4.69) is 36.5 Å². The zero-order valence-corrected chi connectivity index (χ0v) is 10.3. The van der Waals surface area contributed by atoms with E-state index < -0.39 is 0 Å². The molecule has 1 N–H and O–H groups in total. The number of hydrogen-bond donors (Lipinski definition) is 1. The summed E-state index contributed by atoms with van der Waals surface area (Å²) < 4.78 is 0. The number of aryl methyl sites for hydroxylation is 2. The summed E-state index contributed by atoms with van der Waals surface area (Å²) in [4.78, 5) is 0. The lowest BCUT2D eigenvalue weighted by atomic mass is 9.91. The standard InChI is InChI=1S/C15H23N/c1-2-13-3-5-14(6-4-13)7-8-15-9-11-16-12-10-15/h3-6,15-16H,2,7-12H2,1H3. The van der Waals surface area contributed by atoms with Gasteiger partial charge in [-0.05, 0) is 62.2 Å². The number of piperidine rings is 1. The topological polar surface area (TPSA) is 12.0 Å². The molecule has 1 aromatic rings. The zero-order chi connectivity index (χ0) is 11.2. The first-order valence-electron chi connectivity index (χ1n) is 6.67. The molecule has 0 unspecified atom stereocenters. The molecule has 1 fully saturated rings. The SMILES string of the molecule is CCc1ccc(CCC2CCNCC2)cc1. The minimum atomic E-state index is 0.951. The van der Waals surface area contributed by atoms with Gasteiger partial charge in [0.15, 0.2) is 0 Å². The second kappa shape index (κ2) is 6.05. The lowest BCUT2D eigenvalue weighted by Crippen LogP contribution is -2.27. The molecule has 1 aromatic carbocycles. The first-order chi connectivity index (χ1) is 7.88. The quantitative estimate of drug-likeness (QED) is 0.817. The number of rotatable bonds is 4. The van der Waals surface area contributed by atoms with Gasteiger partial charge in [0.2, 0.25) is 0 Å². The minimum Gasteiger partial charge on any atom is -0.317 e. The smallest absolute Gasteiger partial charge is 0.00463 e. The van der Waals surface area contributed by atoms with Crippen molar-refractivity contribution in [2.24, 2.45) is 5.92 Å². The van der Waals surface area contributed by atoms with Crippen LogP contribution < -0.4 is 5.32 Å². The number of hydrogen-bond acceptors (Lipinski definition) is 1. The van der Waals surface area contributed by atoms with Crippen LogP contribution in [0.5, 0.6) is 0 Å². The van der Waals surface area contributed by atoms with Crippen LogP contribution in [0.1, 0.15) is 37.3 Å². The maximum Gasteiger partial charge on any atom is -0.00463 e. The molecule has 16 heavy (non-hydrogen) atoms. The Labute approximate surface area is 99.3 Å². The molecule has 1 aliphatic rings. The van der Waals surface area contributed by atoms with Crippen LogP contribution in [0.2, 0.25) is 0 Å². The fourth-order valence-electron chi connectivity index (χ4n) is 2.48. The van der Waals surface area contributed by atoms with Crippen molar-refractivity contribution in [2.45, 2.75) is 39.0 Å². The highest BCUT2D eigenvalue weighted by molar-refractivity contribution is 5.22. The summed E-state index contributed by atoms with van der Waals surface area (Å²) in [5.74, 6) is 0.951. The van der Waals surface area contributed by atoms with E-state index in [1.165, 1.54) is 49.9 Å². The Morgan fingerprint density at radius 1 is 1.06 bits per heavy atom. The molecule has 0 saturated carbocycles. The molecule has 0 bridgehead atoms. The molecule has 0 amide bonds. The first-order valence-corrected chi connectivity index (χ1v) is 6.67. The second-order valence-corrected chi connectivity index (χ2v) is 4.90. The molecule has 2 rings (SSSR count). The summed E-state index contributed by atoms with van der Waals surface area (Å²) in [6.45, 7) is 4.66. The van der Waals surface area contributed by atoms with Crippen molar-refractivity contribution < 1.29 is 0 Å². The maximum absolute atomic E-state index is 3.43. The van der Waals surface area contributed by atoms with Crippen molar-refractivity contribution in [3.63, 3.8) is 0 Å². The predicted octanol–water partition coefficient (Wildman–Crippen LogP) is 3.18. The van der Waals surface area contributed by atoms with E-state index in [4.69, 9.17) is 0 Å². The Morgan fingerprint density at radius 2 is 1.69 bits per heavy atom. The van der Waals surface area contributed by atoms with Crippen molar-refractivity contribution in [2.75, 3.05) is 13.1 Å². The van der Waals surface area contributed by atoms with Crippen molar-refractivity contribution in [3.8, 4) is 0 Å². The van der Waals surface area contributed by atoms with Crippen LogP contribution in [-0.4, -0.2) is 13.1 Å². The highest BCUT2D eigenvalue weighted by atomic mass is 14.9. The summed E-state index contributed by atoms with van der Waals surface area (Å²) in [6.07, 6.45) is 6.51. The monoisotopic (exact) mass is 217 g/mol. The Kier molecular flexibility index (Phi) is 4.41. The molecule has 1 nitrogen and oxygen atoms in total. The van der Waals surface area contributed by atoms with E-state index >= 15 is 0 Å². The summed E-state index contributed by atoms with van der Waals surface area (Å²) in [7, 11) is 0. The normalized spacial score (nSPS) is 17.6. The van der Waals surface area contributed by atoms with Crippen LogP contribution in [0.15, 0.2) is 24.3 Å². The summed E-state index contributed by atoms with van der Waals surface area (Å²) >= 11 is 0. The van der Waals surface area contributed by atoms with Crippen molar-refractivity contribution >= 4 is 0 Å². The van der Waals surface area contributed by atoms with Gasteiger partial charge < -0.3 is 5.32 Å². The lowest BCUT2D eigenvalue weighted by Gasteiger charge is -2.22. The molecule has 1 saturated heterocycles. The Balaban J connectivity index is 1.79. The van der Waals surface area contributed by atoms with E-state index in [1.807, 2.05) is 0 Å². The van der Waals surface area contributed by atoms with Gasteiger partial charge in [-0.2, -0.15) is 0 Å². The fraction of sp³-hybridized carbons (Fsp3) is 0.600. The summed E-state index contributed by atoms with van der Waals surface area (Å²) in [6, 6.07) is 9.16. The van der Waals surface area contributed by atoms with Gasteiger partial charge in [-0.25, -0.2) is 0 Å². The summed E-state index contributed by atoms with van der Waals surface area (Å²) in [5, 5.41) is 3.43. The van der Waals surface area contributed by atoms with Gasteiger partial charge >= 0.3 is 0 Å². The van der Waals surface area contributed by atoms with Crippen LogP contribution in [-0.2, 0) is 12.8 Å². The van der Waals surface area contributed by atoms with Gasteiger partial charge in [0.1, 0.15) is 0 Å². The van der Waals surface area contributed by atoms with Crippen molar-refractivity contribution in [1.29, 1.82) is 0 Å². The molecule has 0 spiro atoms. The Hall–Kier alpha value is -0.820. The van der Waals surface area contributed by atoms with E-state index in [0.717, 1.165) is 12.3 Å². The molecule has 1 aliphatic heterocycles. The van der Waals surface area contributed by atoms with Crippen LogP contribution in [0.25, 0.3) is 0 Å². The highest BCUT2D eigenvalue weighted by Crippen LogP contribution is 2.18. The third-order valence-corrected chi connectivity index (χ3v) is 3.73. The molecule has 1 heterocycles. The van der Waals surface area contributed by atoms with Gasteiger partial charge in [-0.15, -0.1) is 0 Å². The van der Waals surface area contributed by atoms with Crippen LogP contribution in [0, 0.1) is 5.92 Å². The summed E-state index contributed by atoms with van der Waals surface area (Å²) in [5.41, 5.74) is 2.96.